The van der Waals surface area contributed by atoms with Crippen molar-refractivity contribution in [2.45, 2.75) is 18.9 Å². The van der Waals surface area contributed by atoms with E-state index in [9.17, 15) is 0 Å². The Morgan fingerprint density at radius 2 is 2.12 bits per heavy atom. The maximum atomic E-state index is 5.72. The topological polar surface area (TPSA) is 50.0 Å². The Kier molecular flexibility index (Phi) is 6.96. The van der Waals surface area contributed by atoms with Crippen molar-refractivity contribution in [2.24, 2.45) is 4.99 Å². The van der Waals surface area contributed by atoms with E-state index >= 15 is 0 Å². The highest BCUT2D eigenvalue weighted by Crippen LogP contribution is 2.32. The molecule has 130 valence electrons. The molecule has 1 atom stereocenters. The molecule has 1 aromatic heterocycles. The quantitative estimate of drug-likeness (QED) is 0.449. The van der Waals surface area contributed by atoms with Crippen LogP contribution in [0.25, 0.3) is 0 Å². The van der Waals surface area contributed by atoms with Crippen molar-refractivity contribution in [2.75, 3.05) is 27.2 Å². The third kappa shape index (κ3) is 4.43. The van der Waals surface area contributed by atoms with Gasteiger partial charge in [-0.25, -0.2) is 0 Å². The highest BCUT2D eigenvalue weighted by atomic mass is 127. The normalized spacial score (nSPS) is 16.6. The van der Waals surface area contributed by atoms with E-state index in [1.54, 1.807) is 13.3 Å². The molecule has 0 bridgehead atoms. The van der Waals surface area contributed by atoms with Crippen molar-refractivity contribution < 1.29 is 9.15 Å². The second-order valence-electron chi connectivity index (χ2n) is 5.74. The summed E-state index contributed by atoms with van der Waals surface area (Å²) in [6.07, 6.45) is 2.71. The molecule has 0 aliphatic carbocycles. The van der Waals surface area contributed by atoms with Crippen LogP contribution in [0.4, 0.5) is 0 Å². The molecule has 6 heteroatoms. The zero-order chi connectivity index (χ0) is 16.1. The third-order valence-corrected chi connectivity index (χ3v) is 4.14. The van der Waals surface area contributed by atoms with Crippen molar-refractivity contribution in [3.8, 4) is 5.75 Å². The van der Waals surface area contributed by atoms with Crippen molar-refractivity contribution in [1.29, 1.82) is 0 Å². The first-order chi connectivity index (χ1) is 11.3. The molecular formula is C18H24IN3O2. The molecule has 0 amide bonds. The Morgan fingerprint density at radius 1 is 1.29 bits per heavy atom. The first-order valence-corrected chi connectivity index (χ1v) is 7.94. The van der Waals surface area contributed by atoms with Crippen LogP contribution in [0.5, 0.6) is 5.75 Å². The lowest BCUT2D eigenvalue weighted by molar-refractivity contribution is 0.266. The van der Waals surface area contributed by atoms with Gasteiger partial charge in [-0.15, -0.1) is 24.0 Å². The number of nitrogens with zero attached hydrogens (tertiary/aromatic N) is 2. The number of halogens is 1. The minimum absolute atomic E-state index is 0. The van der Waals surface area contributed by atoms with E-state index in [2.05, 4.69) is 27.3 Å². The second kappa shape index (κ2) is 8.96. The summed E-state index contributed by atoms with van der Waals surface area (Å²) in [5, 5.41) is 3.47. The predicted molar refractivity (Wildman–Crippen MR) is 106 cm³/mol. The van der Waals surface area contributed by atoms with Crippen LogP contribution in [0.3, 0.4) is 0 Å². The predicted octanol–water partition coefficient (Wildman–Crippen LogP) is 3.47. The van der Waals surface area contributed by atoms with Gasteiger partial charge in [0.25, 0.3) is 0 Å². The maximum Gasteiger partial charge on any atom is 0.193 e. The average molecular weight is 441 g/mol. The van der Waals surface area contributed by atoms with Crippen LogP contribution >= 0.6 is 24.0 Å². The van der Waals surface area contributed by atoms with Gasteiger partial charge in [0.2, 0.25) is 0 Å². The summed E-state index contributed by atoms with van der Waals surface area (Å²) in [6.45, 7) is 2.30. The van der Waals surface area contributed by atoms with Gasteiger partial charge < -0.3 is 19.4 Å². The Hall–Kier alpha value is -1.70. The number of nitrogens with one attached hydrogen (secondary N) is 1. The molecule has 0 radical (unpaired) electrons. The fourth-order valence-corrected chi connectivity index (χ4v) is 2.94. The van der Waals surface area contributed by atoms with Crippen LogP contribution in [0.1, 0.15) is 23.7 Å². The lowest BCUT2D eigenvalue weighted by Crippen LogP contribution is -2.40. The van der Waals surface area contributed by atoms with Crippen LogP contribution in [0, 0.1) is 0 Å². The number of rotatable bonds is 4. The SMILES string of the molecule is CN=C(NCC1CCOc2ccccc21)N(C)Cc1ccco1.I. The van der Waals surface area contributed by atoms with Crippen LogP contribution < -0.4 is 10.1 Å². The zero-order valence-electron chi connectivity index (χ0n) is 14.1. The molecule has 5 nitrogen and oxygen atoms in total. The number of hydrogen-bond acceptors (Lipinski definition) is 3. The van der Waals surface area contributed by atoms with E-state index < -0.39 is 0 Å². The number of ether oxygens (including phenoxy) is 1. The molecule has 1 unspecified atom stereocenters. The Bertz CT molecular complexity index is 658. The molecule has 1 aliphatic rings. The number of fused-ring (bicyclic) bond motifs is 1. The Morgan fingerprint density at radius 3 is 2.88 bits per heavy atom. The molecule has 3 rings (SSSR count). The van der Waals surface area contributed by atoms with Crippen LogP contribution in [0.15, 0.2) is 52.1 Å². The highest BCUT2D eigenvalue weighted by Gasteiger charge is 2.21. The zero-order valence-corrected chi connectivity index (χ0v) is 16.4. The summed E-state index contributed by atoms with van der Waals surface area (Å²) in [5.74, 6) is 3.23. The van der Waals surface area contributed by atoms with Gasteiger partial charge in [-0.1, -0.05) is 18.2 Å². The standard InChI is InChI=1S/C18H23N3O2.HI/c1-19-18(21(2)13-15-6-5-10-22-15)20-12-14-9-11-23-17-8-4-3-7-16(14)17;/h3-8,10,14H,9,11-13H2,1-2H3,(H,19,20);1H. The van der Waals surface area contributed by atoms with E-state index in [1.807, 2.05) is 31.3 Å². The molecular weight excluding hydrogens is 417 g/mol. The average Bonchev–Trinajstić information content (AvgIpc) is 3.08. The van der Waals surface area contributed by atoms with Gasteiger partial charge in [-0.3, -0.25) is 4.99 Å². The summed E-state index contributed by atoms with van der Waals surface area (Å²) in [7, 11) is 3.81. The Labute approximate surface area is 160 Å². The fourth-order valence-electron chi connectivity index (χ4n) is 2.94. The molecule has 1 aliphatic heterocycles. The van der Waals surface area contributed by atoms with Gasteiger partial charge in [0.1, 0.15) is 11.5 Å². The minimum Gasteiger partial charge on any atom is -0.493 e. The number of benzene rings is 1. The van der Waals surface area contributed by atoms with Gasteiger partial charge >= 0.3 is 0 Å². The van der Waals surface area contributed by atoms with Crippen molar-refractivity contribution in [3.63, 3.8) is 0 Å². The number of para-hydroxylation sites is 1. The largest absolute Gasteiger partial charge is 0.493 e. The summed E-state index contributed by atoms with van der Waals surface area (Å²) in [5.41, 5.74) is 1.27. The molecule has 2 aromatic rings. The molecule has 0 spiro atoms. The Balaban J connectivity index is 0.00000208. The lowest BCUT2D eigenvalue weighted by Gasteiger charge is -2.28. The van der Waals surface area contributed by atoms with Gasteiger partial charge in [-0.2, -0.15) is 0 Å². The smallest absolute Gasteiger partial charge is 0.193 e. The molecule has 0 fully saturated rings. The summed E-state index contributed by atoms with van der Waals surface area (Å²) < 4.78 is 11.1. The van der Waals surface area contributed by atoms with Gasteiger partial charge in [0.05, 0.1) is 19.4 Å². The monoisotopic (exact) mass is 441 g/mol. The van der Waals surface area contributed by atoms with Gasteiger partial charge in [-0.05, 0) is 30.2 Å². The fraction of sp³-hybridized carbons (Fsp3) is 0.389. The summed E-state index contributed by atoms with van der Waals surface area (Å²) in [4.78, 5) is 6.43. The number of hydrogen-bond donors (Lipinski definition) is 1. The van der Waals surface area contributed by atoms with Gasteiger partial charge in [0, 0.05) is 26.6 Å². The molecule has 0 saturated carbocycles. The maximum absolute atomic E-state index is 5.72. The van der Waals surface area contributed by atoms with Crippen molar-refractivity contribution in [1.82, 2.24) is 10.2 Å². The molecule has 1 aromatic carbocycles. The van der Waals surface area contributed by atoms with Crippen LogP contribution in [-0.2, 0) is 6.54 Å². The van der Waals surface area contributed by atoms with Crippen molar-refractivity contribution >= 4 is 29.9 Å². The first-order valence-electron chi connectivity index (χ1n) is 7.94. The van der Waals surface area contributed by atoms with E-state index in [-0.39, 0.29) is 24.0 Å². The molecule has 24 heavy (non-hydrogen) atoms. The van der Waals surface area contributed by atoms with Crippen molar-refractivity contribution in [3.05, 3.63) is 54.0 Å². The van der Waals surface area contributed by atoms with Gasteiger partial charge in [0.15, 0.2) is 5.96 Å². The number of guanidine groups is 1. The lowest BCUT2D eigenvalue weighted by atomic mass is 9.93. The molecule has 1 N–H and O–H groups in total. The minimum atomic E-state index is 0. The van der Waals surface area contributed by atoms with E-state index in [0.717, 1.165) is 37.0 Å². The summed E-state index contributed by atoms with van der Waals surface area (Å²) in [6, 6.07) is 12.1. The number of aliphatic imine (C=N–C) groups is 1. The van der Waals surface area contributed by atoms with Crippen LogP contribution in [-0.4, -0.2) is 38.1 Å². The molecule has 2 heterocycles. The van der Waals surface area contributed by atoms with E-state index in [0.29, 0.717) is 12.5 Å². The third-order valence-electron chi connectivity index (χ3n) is 4.14. The second-order valence-corrected chi connectivity index (χ2v) is 5.74. The molecule has 0 saturated heterocycles. The highest BCUT2D eigenvalue weighted by molar-refractivity contribution is 14.0. The van der Waals surface area contributed by atoms with Crippen LogP contribution in [0.2, 0.25) is 0 Å². The number of furan rings is 1. The summed E-state index contributed by atoms with van der Waals surface area (Å²) >= 11 is 0. The van der Waals surface area contributed by atoms with E-state index in [4.69, 9.17) is 9.15 Å². The first kappa shape index (κ1) is 18.6. The van der Waals surface area contributed by atoms with E-state index in [1.165, 1.54) is 5.56 Å².